The quantitative estimate of drug-likeness (QED) is 0.233. The largest absolute Gasteiger partial charge is 0.480 e. The van der Waals surface area contributed by atoms with Gasteiger partial charge in [-0.2, -0.15) is 0 Å². The molecule has 1 aliphatic rings. The molecule has 12 heteroatoms. The van der Waals surface area contributed by atoms with Crippen LogP contribution in [-0.2, 0) is 41.7 Å². The van der Waals surface area contributed by atoms with E-state index < -0.39 is 53.4 Å². The van der Waals surface area contributed by atoms with E-state index >= 15 is 0 Å². The lowest BCUT2D eigenvalue weighted by Gasteiger charge is -2.38. The van der Waals surface area contributed by atoms with Gasteiger partial charge in [-0.05, 0) is 24.0 Å². The third-order valence-corrected chi connectivity index (χ3v) is 7.22. The number of amides is 4. The lowest BCUT2D eigenvalue weighted by Crippen LogP contribution is -2.65. The average molecular weight is 597 g/mol. The molecule has 5 N–H and O–H groups in total. The summed E-state index contributed by atoms with van der Waals surface area (Å²) in [5, 5.41) is 20.2. The van der Waals surface area contributed by atoms with Crippen LogP contribution in [0.15, 0.2) is 60.7 Å². The minimum atomic E-state index is -1.43. The van der Waals surface area contributed by atoms with E-state index in [0.717, 1.165) is 11.1 Å². The maximum atomic E-state index is 13.5. The highest BCUT2D eigenvalue weighted by molar-refractivity contribution is 5.96. The summed E-state index contributed by atoms with van der Waals surface area (Å²) in [6, 6.07) is 14.7. The van der Waals surface area contributed by atoms with Crippen molar-refractivity contribution in [1.29, 1.82) is 0 Å². The zero-order valence-electron chi connectivity index (χ0n) is 24.6. The van der Waals surface area contributed by atoms with Crippen molar-refractivity contribution in [2.24, 2.45) is 5.92 Å². The Morgan fingerprint density at radius 1 is 0.837 bits per heavy atom. The number of carbonyl (C=O) groups is 5. The topological polar surface area (TPSA) is 172 Å². The summed E-state index contributed by atoms with van der Waals surface area (Å²) in [6.07, 6.45) is -0.485. The van der Waals surface area contributed by atoms with Crippen LogP contribution in [0.3, 0.4) is 0 Å². The van der Waals surface area contributed by atoms with Crippen LogP contribution in [0, 0.1) is 5.92 Å². The summed E-state index contributed by atoms with van der Waals surface area (Å²) in [5.41, 5.74) is 0.0820. The van der Waals surface area contributed by atoms with Crippen molar-refractivity contribution in [3.63, 3.8) is 0 Å². The van der Waals surface area contributed by atoms with Crippen molar-refractivity contribution in [2.75, 3.05) is 13.2 Å². The highest BCUT2D eigenvalue weighted by Crippen LogP contribution is 2.22. The predicted molar refractivity (Wildman–Crippen MR) is 157 cm³/mol. The molecule has 0 bridgehead atoms. The van der Waals surface area contributed by atoms with Gasteiger partial charge >= 0.3 is 12.1 Å². The van der Waals surface area contributed by atoms with Crippen LogP contribution >= 0.6 is 0 Å². The van der Waals surface area contributed by atoms with Gasteiger partial charge in [0.25, 0.3) is 0 Å². The Labute approximate surface area is 250 Å². The summed E-state index contributed by atoms with van der Waals surface area (Å²) >= 11 is 0. The minimum absolute atomic E-state index is 0.0276. The molecule has 0 aliphatic carbocycles. The molecule has 4 amide bonds. The number of carboxylic acid groups (broad SMARTS) is 1. The molecule has 1 aliphatic heterocycles. The Hall–Kier alpha value is -4.45. The zero-order chi connectivity index (χ0) is 31.4. The maximum absolute atomic E-state index is 13.5. The van der Waals surface area contributed by atoms with E-state index in [1.54, 1.807) is 50.2 Å². The standard InChI is InChI=1S/C31H40N4O8/c1-20(2)25(34-30(41)43-19-23-12-8-5-9-13-23)27(37)32-21(3)26(36)35-31(14-16-42-17-15-31)29(40)33-24(28(38)39)18-22-10-6-4-7-11-22/h4-13,20-21,24-25H,14-19H2,1-3H3,(H,32,37)(H,33,40)(H,34,41)(H,35,36)(H,38,39)/t21-,24-,25-/m0/s1. The van der Waals surface area contributed by atoms with Crippen molar-refractivity contribution in [3.8, 4) is 0 Å². The van der Waals surface area contributed by atoms with Crippen LogP contribution in [0.5, 0.6) is 0 Å². The number of rotatable bonds is 13. The molecular weight excluding hydrogens is 556 g/mol. The Balaban J connectivity index is 1.62. The van der Waals surface area contributed by atoms with Gasteiger partial charge in [0, 0.05) is 32.5 Å². The summed E-state index contributed by atoms with van der Waals surface area (Å²) in [7, 11) is 0. The monoisotopic (exact) mass is 596 g/mol. The van der Waals surface area contributed by atoms with Gasteiger partial charge < -0.3 is 35.8 Å². The van der Waals surface area contributed by atoms with E-state index in [0.29, 0.717) is 0 Å². The third-order valence-electron chi connectivity index (χ3n) is 7.22. The van der Waals surface area contributed by atoms with E-state index in [1.165, 1.54) is 6.92 Å². The first-order valence-corrected chi connectivity index (χ1v) is 14.3. The smallest absolute Gasteiger partial charge is 0.408 e. The number of alkyl carbamates (subject to hydrolysis) is 1. The van der Waals surface area contributed by atoms with Gasteiger partial charge in [0.1, 0.15) is 30.3 Å². The second-order valence-electron chi connectivity index (χ2n) is 10.9. The molecule has 0 saturated carbocycles. The molecule has 0 unspecified atom stereocenters. The van der Waals surface area contributed by atoms with Gasteiger partial charge in [-0.3, -0.25) is 14.4 Å². The van der Waals surface area contributed by atoms with Crippen molar-refractivity contribution >= 4 is 29.8 Å². The molecule has 1 saturated heterocycles. The molecule has 0 aromatic heterocycles. The number of benzene rings is 2. The summed E-state index contributed by atoms with van der Waals surface area (Å²) in [4.78, 5) is 64.2. The molecule has 1 fully saturated rings. The van der Waals surface area contributed by atoms with Crippen LogP contribution in [-0.4, -0.2) is 71.8 Å². The molecule has 3 rings (SSSR count). The number of hydrogen-bond donors (Lipinski definition) is 5. The lowest BCUT2D eigenvalue weighted by molar-refractivity contribution is -0.145. The minimum Gasteiger partial charge on any atom is -0.480 e. The van der Waals surface area contributed by atoms with Gasteiger partial charge in [0.05, 0.1) is 0 Å². The lowest BCUT2D eigenvalue weighted by atomic mass is 9.87. The first-order chi connectivity index (χ1) is 20.5. The molecule has 43 heavy (non-hydrogen) atoms. The van der Waals surface area contributed by atoms with Crippen LogP contribution in [0.4, 0.5) is 4.79 Å². The van der Waals surface area contributed by atoms with Crippen molar-refractivity contribution in [1.82, 2.24) is 21.3 Å². The number of nitrogens with one attached hydrogen (secondary N) is 4. The van der Waals surface area contributed by atoms with E-state index in [2.05, 4.69) is 21.3 Å². The molecule has 12 nitrogen and oxygen atoms in total. The molecular formula is C31H40N4O8. The molecule has 3 atom stereocenters. The molecule has 232 valence electrons. The van der Waals surface area contributed by atoms with E-state index in [4.69, 9.17) is 9.47 Å². The Morgan fingerprint density at radius 2 is 1.42 bits per heavy atom. The number of carbonyl (C=O) groups excluding carboxylic acids is 4. The van der Waals surface area contributed by atoms with Crippen LogP contribution in [0.2, 0.25) is 0 Å². The Morgan fingerprint density at radius 3 is 1.98 bits per heavy atom. The van der Waals surface area contributed by atoms with Crippen molar-refractivity contribution in [2.45, 2.75) is 70.3 Å². The second kappa shape index (κ2) is 15.7. The second-order valence-corrected chi connectivity index (χ2v) is 10.9. The van der Waals surface area contributed by atoms with Gasteiger partial charge in [0.15, 0.2) is 0 Å². The third kappa shape index (κ3) is 9.81. The first kappa shape index (κ1) is 33.1. The molecule has 2 aromatic rings. The fourth-order valence-electron chi connectivity index (χ4n) is 4.61. The van der Waals surface area contributed by atoms with Crippen LogP contribution < -0.4 is 21.3 Å². The Bertz CT molecular complexity index is 1250. The van der Waals surface area contributed by atoms with E-state index in [-0.39, 0.29) is 45.0 Å². The SMILES string of the molecule is CC(C)[C@H](NC(=O)OCc1ccccc1)C(=O)N[C@@H](C)C(=O)NC1(C(=O)N[C@@H](Cc2ccccc2)C(=O)O)CCOCC1. The number of aliphatic carboxylic acids is 1. The average Bonchev–Trinajstić information content (AvgIpc) is 2.99. The van der Waals surface area contributed by atoms with E-state index in [1.807, 2.05) is 24.3 Å². The molecule has 1 heterocycles. The first-order valence-electron chi connectivity index (χ1n) is 14.3. The van der Waals surface area contributed by atoms with Crippen LogP contribution in [0.25, 0.3) is 0 Å². The number of ether oxygens (including phenoxy) is 2. The van der Waals surface area contributed by atoms with Gasteiger partial charge in [-0.25, -0.2) is 9.59 Å². The zero-order valence-corrected chi connectivity index (χ0v) is 24.6. The van der Waals surface area contributed by atoms with Crippen molar-refractivity contribution < 1.29 is 38.6 Å². The molecule has 0 spiro atoms. The Kier molecular flexibility index (Phi) is 12.1. The highest BCUT2D eigenvalue weighted by atomic mass is 16.5. The molecule has 0 radical (unpaired) electrons. The summed E-state index contributed by atoms with van der Waals surface area (Å²) < 4.78 is 10.6. The summed E-state index contributed by atoms with van der Waals surface area (Å²) in [5.74, 6) is -3.43. The predicted octanol–water partition coefficient (Wildman–Crippen LogP) is 1.92. The fraction of sp³-hybridized carbons (Fsp3) is 0.452. The maximum Gasteiger partial charge on any atom is 0.408 e. The highest BCUT2D eigenvalue weighted by Gasteiger charge is 2.43. The van der Waals surface area contributed by atoms with Gasteiger partial charge in [-0.15, -0.1) is 0 Å². The van der Waals surface area contributed by atoms with E-state index in [9.17, 15) is 29.1 Å². The fourth-order valence-corrected chi connectivity index (χ4v) is 4.61. The van der Waals surface area contributed by atoms with Crippen LogP contribution in [0.1, 0.15) is 44.7 Å². The van der Waals surface area contributed by atoms with Gasteiger partial charge in [-0.1, -0.05) is 74.5 Å². The normalized spacial score (nSPS) is 16.2. The van der Waals surface area contributed by atoms with Gasteiger partial charge in [0.2, 0.25) is 17.7 Å². The summed E-state index contributed by atoms with van der Waals surface area (Å²) in [6.45, 7) is 5.31. The van der Waals surface area contributed by atoms with Crippen molar-refractivity contribution in [3.05, 3.63) is 71.8 Å². The number of hydrogen-bond acceptors (Lipinski definition) is 7. The molecule has 2 aromatic carbocycles. The number of carboxylic acids is 1.